The Labute approximate surface area is 169 Å². The second-order valence-corrected chi connectivity index (χ2v) is 7.29. The molecular weight excluding hydrogens is 381 g/mol. The van der Waals surface area contributed by atoms with E-state index in [1.165, 1.54) is 29.3 Å². The van der Waals surface area contributed by atoms with Crippen LogP contribution >= 0.6 is 11.6 Å². The van der Waals surface area contributed by atoms with E-state index in [2.05, 4.69) is 27.7 Å². The highest BCUT2D eigenvalue weighted by molar-refractivity contribution is 6.31. The molecule has 1 amide bonds. The minimum atomic E-state index is -0.511. The molecule has 5 nitrogen and oxygen atoms in total. The number of amides is 1. The van der Waals surface area contributed by atoms with Gasteiger partial charge in [0.1, 0.15) is 5.82 Å². The zero-order valence-electron chi connectivity index (χ0n) is 15.9. The van der Waals surface area contributed by atoms with Crippen molar-refractivity contribution in [1.82, 2.24) is 10.2 Å². The minimum Gasteiger partial charge on any atom is -0.379 e. The number of anilines is 1. The molecule has 0 aromatic heterocycles. The molecule has 0 aliphatic carbocycles. The molecule has 150 valence electrons. The Bertz CT molecular complexity index is 812. The van der Waals surface area contributed by atoms with Gasteiger partial charge in [-0.15, -0.1) is 0 Å². The van der Waals surface area contributed by atoms with Gasteiger partial charge < -0.3 is 15.4 Å². The molecule has 0 bridgehead atoms. The predicted molar refractivity (Wildman–Crippen MR) is 109 cm³/mol. The molecule has 1 fully saturated rings. The summed E-state index contributed by atoms with van der Waals surface area (Å²) in [5.74, 6) is -0.712. The van der Waals surface area contributed by atoms with Crippen LogP contribution in [-0.2, 0) is 22.6 Å². The zero-order chi connectivity index (χ0) is 19.9. The van der Waals surface area contributed by atoms with Crippen LogP contribution < -0.4 is 10.6 Å². The highest BCUT2D eigenvalue weighted by Gasteiger charge is 2.16. The summed E-state index contributed by atoms with van der Waals surface area (Å²) in [7, 11) is 0. The van der Waals surface area contributed by atoms with Crippen molar-refractivity contribution in [1.29, 1.82) is 0 Å². The number of morpholine rings is 1. The molecule has 1 atom stereocenters. The van der Waals surface area contributed by atoms with E-state index in [-0.39, 0.29) is 10.9 Å². The predicted octanol–water partition coefficient (Wildman–Crippen LogP) is 3.43. The SMILES string of the molecule is CC(NCc1ccccc1CN1CCOCC1)C(=O)Nc1ccc(F)c(Cl)c1. The number of hydrogen-bond donors (Lipinski definition) is 2. The first kappa shape index (κ1) is 20.7. The van der Waals surface area contributed by atoms with Crippen molar-refractivity contribution in [3.05, 3.63) is 64.4 Å². The molecule has 0 saturated carbocycles. The van der Waals surface area contributed by atoms with Gasteiger partial charge in [0.2, 0.25) is 5.91 Å². The zero-order valence-corrected chi connectivity index (χ0v) is 16.6. The maximum Gasteiger partial charge on any atom is 0.241 e. The smallest absolute Gasteiger partial charge is 0.241 e. The largest absolute Gasteiger partial charge is 0.379 e. The van der Waals surface area contributed by atoms with Gasteiger partial charge in [0.25, 0.3) is 0 Å². The Kier molecular flexibility index (Phi) is 7.39. The lowest BCUT2D eigenvalue weighted by Crippen LogP contribution is -2.38. The molecule has 7 heteroatoms. The van der Waals surface area contributed by atoms with Crippen molar-refractivity contribution in [2.75, 3.05) is 31.6 Å². The number of carbonyl (C=O) groups is 1. The highest BCUT2D eigenvalue weighted by Crippen LogP contribution is 2.19. The van der Waals surface area contributed by atoms with E-state index in [4.69, 9.17) is 16.3 Å². The number of benzene rings is 2. The Balaban J connectivity index is 1.55. The maximum atomic E-state index is 13.2. The molecule has 2 aromatic rings. The van der Waals surface area contributed by atoms with E-state index < -0.39 is 11.9 Å². The summed E-state index contributed by atoms with van der Waals surface area (Å²) < 4.78 is 18.6. The normalized spacial score (nSPS) is 16.0. The quantitative estimate of drug-likeness (QED) is 0.741. The van der Waals surface area contributed by atoms with Crippen LogP contribution in [0.5, 0.6) is 0 Å². The lowest BCUT2D eigenvalue weighted by molar-refractivity contribution is -0.117. The Hall–Kier alpha value is -1.99. The maximum absolute atomic E-state index is 13.2. The van der Waals surface area contributed by atoms with E-state index >= 15 is 0 Å². The van der Waals surface area contributed by atoms with Crippen LogP contribution in [-0.4, -0.2) is 43.2 Å². The highest BCUT2D eigenvalue weighted by atomic mass is 35.5. The standard InChI is InChI=1S/C21H25ClFN3O2/c1-15(21(27)25-18-6-7-20(23)19(22)12-18)24-13-16-4-2-3-5-17(16)14-26-8-10-28-11-9-26/h2-7,12,15,24H,8-11,13-14H2,1H3,(H,25,27). The molecule has 1 heterocycles. The van der Waals surface area contributed by atoms with Crippen LogP contribution in [0.1, 0.15) is 18.1 Å². The second-order valence-electron chi connectivity index (χ2n) is 6.88. The van der Waals surface area contributed by atoms with Gasteiger partial charge in [-0.2, -0.15) is 0 Å². The van der Waals surface area contributed by atoms with Crippen molar-refractivity contribution < 1.29 is 13.9 Å². The van der Waals surface area contributed by atoms with E-state index in [1.54, 1.807) is 6.92 Å². The van der Waals surface area contributed by atoms with Crippen LogP contribution in [0.2, 0.25) is 5.02 Å². The molecule has 28 heavy (non-hydrogen) atoms. The number of rotatable bonds is 7. The molecule has 3 rings (SSSR count). The van der Waals surface area contributed by atoms with Gasteiger partial charge in [-0.1, -0.05) is 35.9 Å². The minimum absolute atomic E-state index is 0.0181. The third kappa shape index (κ3) is 5.75. The van der Waals surface area contributed by atoms with Crippen molar-refractivity contribution in [3.8, 4) is 0 Å². The fourth-order valence-corrected chi connectivity index (χ4v) is 3.25. The lowest BCUT2D eigenvalue weighted by atomic mass is 10.1. The number of hydrogen-bond acceptors (Lipinski definition) is 4. The van der Waals surface area contributed by atoms with Crippen LogP contribution in [0.15, 0.2) is 42.5 Å². The van der Waals surface area contributed by atoms with Crippen LogP contribution in [0, 0.1) is 5.82 Å². The van der Waals surface area contributed by atoms with E-state index in [0.29, 0.717) is 12.2 Å². The molecule has 2 N–H and O–H groups in total. The van der Waals surface area contributed by atoms with Gasteiger partial charge >= 0.3 is 0 Å². The van der Waals surface area contributed by atoms with Crippen LogP contribution in [0.3, 0.4) is 0 Å². The molecule has 2 aromatic carbocycles. The molecule has 1 saturated heterocycles. The lowest BCUT2D eigenvalue weighted by Gasteiger charge is -2.27. The first-order chi connectivity index (χ1) is 13.5. The van der Waals surface area contributed by atoms with E-state index in [1.807, 2.05) is 12.1 Å². The van der Waals surface area contributed by atoms with Crippen LogP contribution in [0.4, 0.5) is 10.1 Å². The van der Waals surface area contributed by atoms with E-state index in [0.717, 1.165) is 32.8 Å². The van der Waals surface area contributed by atoms with Gasteiger partial charge in [0, 0.05) is 31.9 Å². The number of ether oxygens (including phenoxy) is 1. The first-order valence-electron chi connectivity index (χ1n) is 9.39. The first-order valence-corrected chi connectivity index (χ1v) is 9.77. The summed E-state index contributed by atoms with van der Waals surface area (Å²) in [6, 6.07) is 11.9. The van der Waals surface area contributed by atoms with Crippen molar-refractivity contribution in [2.45, 2.75) is 26.1 Å². The Morgan fingerprint density at radius 3 is 2.64 bits per heavy atom. The van der Waals surface area contributed by atoms with Crippen molar-refractivity contribution in [2.24, 2.45) is 0 Å². The Morgan fingerprint density at radius 2 is 1.93 bits per heavy atom. The summed E-state index contributed by atoms with van der Waals surface area (Å²) in [6.45, 7) is 6.65. The average Bonchev–Trinajstić information content (AvgIpc) is 2.70. The number of halogens is 2. The fourth-order valence-electron chi connectivity index (χ4n) is 3.06. The average molecular weight is 406 g/mol. The number of nitrogens with zero attached hydrogens (tertiary/aromatic N) is 1. The molecule has 1 unspecified atom stereocenters. The molecule has 0 radical (unpaired) electrons. The molecular formula is C21H25ClFN3O2. The van der Waals surface area contributed by atoms with Crippen LogP contribution in [0.25, 0.3) is 0 Å². The van der Waals surface area contributed by atoms with Gasteiger partial charge in [-0.05, 0) is 36.2 Å². The van der Waals surface area contributed by atoms with Gasteiger partial charge in [-0.3, -0.25) is 9.69 Å². The summed E-state index contributed by atoms with van der Waals surface area (Å²) >= 11 is 5.76. The second kappa shape index (κ2) is 9.98. The third-order valence-electron chi connectivity index (χ3n) is 4.80. The third-order valence-corrected chi connectivity index (χ3v) is 5.08. The van der Waals surface area contributed by atoms with Gasteiger partial charge in [-0.25, -0.2) is 4.39 Å². The topological polar surface area (TPSA) is 53.6 Å². The van der Waals surface area contributed by atoms with Crippen molar-refractivity contribution >= 4 is 23.2 Å². The molecule has 1 aliphatic rings. The van der Waals surface area contributed by atoms with Gasteiger partial charge in [0.15, 0.2) is 0 Å². The Morgan fingerprint density at radius 1 is 1.21 bits per heavy atom. The number of carbonyl (C=O) groups excluding carboxylic acids is 1. The summed E-state index contributed by atoms with van der Waals surface area (Å²) in [5, 5.41) is 5.99. The molecule has 0 spiro atoms. The molecule has 1 aliphatic heterocycles. The number of nitrogens with one attached hydrogen (secondary N) is 2. The summed E-state index contributed by atoms with van der Waals surface area (Å²) in [5.41, 5.74) is 2.88. The van der Waals surface area contributed by atoms with Gasteiger partial charge in [0.05, 0.1) is 24.3 Å². The fraction of sp³-hybridized carbons (Fsp3) is 0.381. The summed E-state index contributed by atoms with van der Waals surface area (Å²) in [6.07, 6.45) is 0. The summed E-state index contributed by atoms with van der Waals surface area (Å²) in [4.78, 5) is 14.8. The van der Waals surface area contributed by atoms with Crippen molar-refractivity contribution in [3.63, 3.8) is 0 Å². The van der Waals surface area contributed by atoms with E-state index in [9.17, 15) is 9.18 Å². The monoisotopic (exact) mass is 405 g/mol.